The zero-order valence-corrected chi connectivity index (χ0v) is 21.3. The molecule has 4 amide bonds. The van der Waals surface area contributed by atoms with Crippen molar-refractivity contribution >= 4 is 35.1 Å². The molecule has 4 atom stereocenters. The van der Waals surface area contributed by atoms with Gasteiger partial charge in [0.25, 0.3) is 11.8 Å². The van der Waals surface area contributed by atoms with E-state index in [9.17, 15) is 19.6 Å². The Morgan fingerprint density at radius 1 is 1.26 bits per heavy atom. The average Bonchev–Trinajstić information content (AvgIpc) is 3.49. The van der Waals surface area contributed by atoms with Gasteiger partial charge in [-0.25, -0.2) is 9.69 Å². The third-order valence-corrected chi connectivity index (χ3v) is 8.09. The summed E-state index contributed by atoms with van der Waals surface area (Å²) < 4.78 is 1.59. The number of carbonyl (C=O) groups is 3. The van der Waals surface area contributed by atoms with Crippen LogP contribution in [0, 0.1) is 24.2 Å². The minimum atomic E-state index is -0.760. The van der Waals surface area contributed by atoms with Crippen molar-refractivity contribution in [3.63, 3.8) is 0 Å². The molecule has 10 heteroatoms. The summed E-state index contributed by atoms with van der Waals surface area (Å²) in [4.78, 5) is 45.3. The maximum atomic E-state index is 13.7. The molecule has 3 fully saturated rings. The molecule has 182 valence electrons. The average molecular weight is 495 g/mol. The third kappa shape index (κ3) is 3.12. The number of likely N-dealkylation sites (tertiary alicyclic amines) is 1. The first kappa shape index (κ1) is 23.4. The number of rotatable bonds is 2. The van der Waals surface area contributed by atoms with Crippen LogP contribution in [0.15, 0.2) is 18.2 Å². The summed E-state index contributed by atoms with van der Waals surface area (Å²) in [6.45, 7) is 10.1. The van der Waals surface area contributed by atoms with Crippen LogP contribution in [-0.4, -0.2) is 62.1 Å². The molecule has 35 heavy (non-hydrogen) atoms. The molecule has 4 heterocycles. The van der Waals surface area contributed by atoms with Crippen molar-refractivity contribution in [2.45, 2.75) is 58.2 Å². The Bertz CT molecular complexity index is 1340. The first-order valence-corrected chi connectivity index (χ1v) is 12.0. The van der Waals surface area contributed by atoms with Crippen molar-refractivity contribution in [2.24, 2.45) is 13.0 Å². The molecular formula is C25H27ClN6O3. The Balaban J connectivity index is 1.49. The molecule has 3 saturated heterocycles. The van der Waals surface area contributed by atoms with Gasteiger partial charge in [0.05, 0.1) is 34.1 Å². The molecule has 3 aliphatic heterocycles. The van der Waals surface area contributed by atoms with Gasteiger partial charge >= 0.3 is 6.03 Å². The van der Waals surface area contributed by atoms with Crippen molar-refractivity contribution in [2.75, 3.05) is 11.4 Å². The molecule has 5 rings (SSSR count). The summed E-state index contributed by atoms with van der Waals surface area (Å²) in [5.74, 6) is -0.609. The lowest BCUT2D eigenvalue weighted by Gasteiger charge is -2.34. The molecule has 2 aromatic rings. The van der Waals surface area contributed by atoms with Crippen molar-refractivity contribution in [3.05, 3.63) is 45.7 Å². The molecule has 0 saturated carbocycles. The van der Waals surface area contributed by atoms with Crippen LogP contribution in [0.25, 0.3) is 0 Å². The second kappa shape index (κ2) is 7.56. The van der Waals surface area contributed by atoms with Gasteiger partial charge in [-0.1, -0.05) is 39.3 Å². The summed E-state index contributed by atoms with van der Waals surface area (Å²) in [7, 11) is 1.75. The number of halogens is 1. The van der Waals surface area contributed by atoms with Crippen molar-refractivity contribution in [1.82, 2.24) is 19.6 Å². The van der Waals surface area contributed by atoms with Crippen LogP contribution in [0.1, 0.15) is 55.0 Å². The number of aryl methyl sites for hydroxylation is 1. The lowest BCUT2D eigenvalue weighted by atomic mass is 9.92. The molecule has 1 aromatic carbocycles. The molecule has 0 aliphatic carbocycles. The number of hydrogen-bond donors (Lipinski definition) is 0. The van der Waals surface area contributed by atoms with Crippen molar-refractivity contribution in [3.8, 4) is 6.07 Å². The van der Waals surface area contributed by atoms with E-state index in [2.05, 4.69) is 5.10 Å². The summed E-state index contributed by atoms with van der Waals surface area (Å²) in [5, 5.41) is 14.0. The van der Waals surface area contributed by atoms with Gasteiger partial charge in [-0.2, -0.15) is 10.4 Å². The smallest absolute Gasteiger partial charge is 0.329 e. The van der Waals surface area contributed by atoms with Gasteiger partial charge in [-0.3, -0.25) is 14.3 Å². The van der Waals surface area contributed by atoms with Crippen LogP contribution in [0.4, 0.5) is 10.5 Å². The largest absolute Gasteiger partial charge is 0.332 e. The summed E-state index contributed by atoms with van der Waals surface area (Å²) >= 11 is 6.32. The Kier molecular flexibility index (Phi) is 5.05. The molecule has 0 spiro atoms. The second-order valence-corrected chi connectivity index (χ2v) is 11.0. The highest BCUT2D eigenvalue weighted by molar-refractivity contribution is 6.33. The second-order valence-electron chi connectivity index (χ2n) is 10.7. The van der Waals surface area contributed by atoms with E-state index in [1.165, 1.54) is 6.07 Å². The molecule has 0 N–H and O–H groups in total. The number of hydrogen-bond acceptors (Lipinski definition) is 5. The van der Waals surface area contributed by atoms with Gasteiger partial charge in [0.1, 0.15) is 17.8 Å². The van der Waals surface area contributed by atoms with Crippen LogP contribution in [0.2, 0.25) is 5.02 Å². The van der Waals surface area contributed by atoms with Gasteiger partial charge in [-0.15, -0.1) is 0 Å². The highest BCUT2D eigenvalue weighted by Gasteiger charge is 2.66. The standard InChI is InChI=1S/C25H27ClN6O3/c1-12-15(8-7-14(10-27)19(12)26)32-23(34)21-20-13(2)17(31(21)24(32)35)11-30(20)22(33)16-9-18(25(3,4)5)28-29(16)6/h7-9,13,17,20-21H,11H2,1-6H3/t13-,17?,20?,21?/m0/s1. The lowest BCUT2D eigenvalue weighted by molar-refractivity contribution is -0.121. The topological polar surface area (TPSA) is 103 Å². The van der Waals surface area contributed by atoms with E-state index in [-0.39, 0.29) is 39.8 Å². The number of imide groups is 1. The van der Waals surface area contributed by atoms with E-state index in [1.54, 1.807) is 34.5 Å². The first-order chi connectivity index (χ1) is 16.4. The summed E-state index contributed by atoms with van der Waals surface area (Å²) in [5.41, 5.74) is 2.21. The highest BCUT2D eigenvalue weighted by Crippen LogP contribution is 2.47. The number of amides is 4. The van der Waals surface area contributed by atoms with Gasteiger partial charge in [0.15, 0.2) is 0 Å². The predicted molar refractivity (Wildman–Crippen MR) is 129 cm³/mol. The van der Waals surface area contributed by atoms with E-state index in [1.807, 2.05) is 39.8 Å². The molecule has 0 radical (unpaired) electrons. The third-order valence-electron chi connectivity index (χ3n) is 7.60. The number of piperazine rings is 1. The Morgan fingerprint density at radius 3 is 2.54 bits per heavy atom. The first-order valence-electron chi connectivity index (χ1n) is 11.6. The van der Waals surface area contributed by atoms with Crippen LogP contribution in [0.5, 0.6) is 0 Å². The quantitative estimate of drug-likeness (QED) is 0.596. The highest BCUT2D eigenvalue weighted by atomic mass is 35.5. The van der Waals surface area contributed by atoms with E-state index in [0.29, 0.717) is 23.5 Å². The van der Waals surface area contributed by atoms with E-state index in [0.717, 1.165) is 10.6 Å². The maximum Gasteiger partial charge on any atom is 0.332 e. The normalized spacial score (nSPS) is 25.5. The number of fused-ring (bicyclic) bond motifs is 5. The van der Waals surface area contributed by atoms with Gasteiger partial charge in [0, 0.05) is 24.9 Å². The molecule has 2 bridgehead atoms. The fourth-order valence-corrected chi connectivity index (χ4v) is 5.87. The zero-order valence-electron chi connectivity index (χ0n) is 20.5. The van der Waals surface area contributed by atoms with Crippen LogP contribution < -0.4 is 4.90 Å². The van der Waals surface area contributed by atoms with E-state index < -0.39 is 18.1 Å². The Morgan fingerprint density at radius 2 is 1.94 bits per heavy atom. The Labute approximate surface area is 208 Å². The molecule has 1 aromatic heterocycles. The minimum Gasteiger partial charge on any atom is -0.329 e. The van der Waals surface area contributed by atoms with Gasteiger partial charge in [0.2, 0.25) is 0 Å². The number of urea groups is 1. The van der Waals surface area contributed by atoms with Crippen LogP contribution in [-0.2, 0) is 17.3 Å². The number of nitriles is 1. The SMILES string of the molecule is Cc1c(N2C(=O)C3C4[C@@H](C)C(CN4C(=O)c4cc(C(C)(C)C)nn4C)N3C2=O)ccc(C#N)c1Cl. The number of carbonyl (C=O) groups excluding carboxylic acids is 3. The molecule has 3 unspecified atom stereocenters. The fraction of sp³-hybridized carbons (Fsp3) is 0.480. The fourth-order valence-electron chi connectivity index (χ4n) is 5.66. The minimum absolute atomic E-state index is 0.0417. The summed E-state index contributed by atoms with van der Waals surface area (Å²) in [6.07, 6.45) is 0. The number of benzene rings is 1. The van der Waals surface area contributed by atoms with Crippen LogP contribution >= 0.6 is 11.6 Å². The number of nitrogens with zero attached hydrogens (tertiary/aromatic N) is 6. The number of anilines is 1. The monoisotopic (exact) mass is 494 g/mol. The van der Waals surface area contributed by atoms with Crippen molar-refractivity contribution in [1.29, 1.82) is 5.26 Å². The summed E-state index contributed by atoms with van der Waals surface area (Å²) in [6, 6.07) is 5.05. The molecule has 3 aliphatic rings. The van der Waals surface area contributed by atoms with Gasteiger partial charge in [-0.05, 0) is 30.7 Å². The Hall–Kier alpha value is -3.38. The predicted octanol–water partition coefficient (Wildman–Crippen LogP) is 3.23. The van der Waals surface area contributed by atoms with Crippen molar-refractivity contribution < 1.29 is 14.4 Å². The van der Waals surface area contributed by atoms with E-state index >= 15 is 0 Å². The lowest BCUT2D eigenvalue weighted by Crippen LogP contribution is -2.55. The van der Waals surface area contributed by atoms with E-state index in [4.69, 9.17) is 11.6 Å². The zero-order chi connectivity index (χ0) is 25.6. The molecule has 9 nitrogen and oxygen atoms in total. The number of aromatic nitrogens is 2. The molecular weight excluding hydrogens is 468 g/mol. The van der Waals surface area contributed by atoms with Crippen LogP contribution in [0.3, 0.4) is 0 Å². The maximum absolute atomic E-state index is 13.7. The van der Waals surface area contributed by atoms with Gasteiger partial charge < -0.3 is 9.80 Å².